The minimum atomic E-state index is 0.535. The summed E-state index contributed by atoms with van der Waals surface area (Å²) in [6.07, 6.45) is 3.10. The van der Waals surface area contributed by atoms with Gasteiger partial charge in [0.15, 0.2) is 0 Å². The number of aromatic amines is 2. The number of hydrogen-bond acceptors (Lipinski definition) is 2. The van der Waals surface area contributed by atoms with Gasteiger partial charge in [-0.15, -0.1) is 0 Å². The van der Waals surface area contributed by atoms with Crippen molar-refractivity contribution in [1.82, 2.24) is 15.2 Å². The molecule has 0 saturated heterocycles. The number of hydrogen-bond donors (Lipinski definition) is 2. The second-order valence-electron chi connectivity index (χ2n) is 4.84. The van der Waals surface area contributed by atoms with Gasteiger partial charge in [0.05, 0.1) is 0 Å². The van der Waals surface area contributed by atoms with Crippen molar-refractivity contribution in [2.45, 2.75) is 40.0 Å². The van der Waals surface area contributed by atoms with Crippen LogP contribution in [0.4, 0.5) is 0 Å². The van der Waals surface area contributed by atoms with Gasteiger partial charge in [0.1, 0.15) is 5.82 Å². The van der Waals surface area contributed by atoms with Crippen molar-refractivity contribution in [3.63, 3.8) is 0 Å². The fourth-order valence-electron chi connectivity index (χ4n) is 2.46. The first-order valence-corrected chi connectivity index (χ1v) is 6.67. The Hall–Kier alpha value is -1.42. The summed E-state index contributed by atoms with van der Waals surface area (Å²) in [6.45, 7) is 6.53. The minimum absolute atomic E-state index is 0.535. The van der Waals surface area contributed by atoms with E-state index in [0.717, 1.165) is 25.1 Å². The summed E-state index contributed by atoms with van der Waals surface area (Å²) in [5.41, 5.74) is 5.59. The summed E-state index contributed by atoms with van der Waals surface area (Å²) in [6, 6.07) is 4.51. The van der Waals surface area contributed by atoms with Crippen molar-refractivity contribution >= 4 is 12.2 Å². The average molecular weight is 261 g/mol. The fraction of sp³-hybridized carbons (Fsp3) is 0.429. The van der Waals surface area contributed by atoms with E-state index in [1.807, 2.05) is 0 Å². The van der Waals surface area contributed by atoms with E-state index in [4.69, 9.17) is 12.2 Å². The van der Waals surface area contributed by atoms with E-state index in [2.05, 4.69) is 48.1 Å². The van der Waals surface area contributed by atoms with Crippen LogP contribution >= 0.6 is 12.2 Å². The SMILES string of the molecule is Cc1cc(C)c(CCCc2nc(=S)[nH][nH]2)c(C)c1. The summed E-state index contributed by atoms with van der Waals surface area (Å²) in [5.74, 6) is 0.947. The molecule has 0 atom stereocenters. The highest BCUT2D eigenvalue weighted by molar-refractivity contribution is 7.71. The molecule has 0 bridgehead atoms. The van der Waals surface area contributed by atoms with Gasteiger partial charge in [0.25, 0.3) is 0 Å². The topological polar surface area (TPSA) is 44.5 Å². The molecular weight excluding hydrogens is 242 g/mol. The third-order valence-electron chi connectivity index (χ3n) is 3.23. The summed E-state index contributed by atoms with van der Waals surface area (Å²) in [5, 5.41) is 5.82. The molecule has 0 aliphatic heterocycles. The lowest BCUT2D eigenvalue weighted by molar-refractivity contribution is 0.768. The number of benzene rings is 1. The van der Waals surface area contributed by atoms with Gasteiger partial charge >= 0.3 is 0 Å². The third kappa shape index (κ3) is 3.07. The van der Waals surface area contributed by atoms with E-state index in [0.29, 0.717) is 4.77 Å². The molecule has 0 aliphatic rings. The van der Waals surface area contributed by atoms with Crippen LogP contribution in [0.3, 0.4) is 0 Å². The van der Waals surface area contributed by atoms with E-state index in [1.54, 1.807) is 0 Å². The quantitative estimate of drug-likeness (QED) is 0.826. The number of aromatic nitrogens is 3. The smallest absolute Gasteiger partial charge is 0.213 e. The lowest BCUT2D eigenvalue weighted by Gasteiger charge is -2.10. The molecule has 0 radical (unpaired) electrons. The van der Waals surface area contributed by atoms with Crippen molar-refractivity contribution in [3.05, 3.63) is 45.0 Å². The van der Waals surface area contributed by atoms with Crippen LogP contribution in [0.25, 0.3) is 0 Å². The summed E-state index contributed by atoms with van der Waals surface area (Å²) in [7, 11) is 0. The maximum absolute atomic E-state index is 4.93. The second-order valence-corrected chi connectivity index (χ2v) is 5.23. The third-order valence-corrected chi connectivity index (χ3v) is 3.42. The zero-order valence-corrected chi connectivity index (χ0v) is 11.9. The molecule has 18 heavy (non-hydrogen) atoms. The Morgan fingerprint density at radius 1 is 1.06 bits per heavy atom. The molecule has 2 N–H and O–H groups in total. The number of aryl methyl sites for hydroxylation is 4. The molecule has 0 aliphatic carbocycles. The molecule has 0 fully saturated rings. The molecule has 2 rings (SSSR count). The second kappa shape index (κ2) is 5.48. The molecule has 4 heteroatoms. The van der Waals surface area contributed by atoms with Crippen LogP contribution in [-0.2, 0) is 12.8 Å². The van der Waals surface area contributed by atoms with Crippen LogP contribution in [0.2, 0.25) is 0 Å². The highest BCUT2D eigenvalue weighted by Gasteiger charge is 2.04. The zero-order chi connectivity index (χ0) is 13.1. The van der Waals surface area contributed by atoms with Gasteiger partial charge in [-0.3, -0.25) is 10.2 Å². The van der Waals surface area contributed by atoms with Crippen LogP contribution in [-0.4, -0.2) is 15.2 Å². The van der Waals surface area contributed by atoms with Crippen molar-refractivity contribution < 1.29 is 0 Å². The first-order chi connectivity index (χ1) is 8.56. The molecule has 96 valence electrons. The zero-order valence-electron chi connectivity index (χ0n) is 11.1. The molecule has 3 nitrogen and oxygen atoms in total. The number of nitrogens with zero attached hydrogens (tertiary/aromatic N) is 1. The highest BCUT2D eigenvalue weighted by Crippen LogP contribution is 2.18. The van der Waals surface area contributed by atoms with Crippen LogP contribution in [0.5, 0.6) is 0 Å². The van der Waals surface area contributed by atoms with Gasteiger partial charge in [-0.05, 0) is 62.5 Å². The Morgan fingerprint density at radius 3 is 2.28 bits per heavy atom. The van der Waals surface area contributed by atoms with Crippen molar-refractivity contribution in [2.75, 3.05) is 0 Å². The Morgan fingerprint density at radius 2 is 1.72 bits per heavy atom. The molecule has 1 aromatic carbocycles. The van der Waals surface area contributed by atoms with Crippen molar-refractivity contribution in [1.29, 1.82) is 0 Å². The van der Waals surface area contributed by atoms with Gasteiger partial charge in [-0.25, -0.2) is 4.98 Å². The summed E-state index contributed by atoms with van der Waals surface area (Å²) < 4.78 is 0.535. The molecule has 0 unspecified atom stereocenters. The lowest BCUT2D eigenvalue weighted by atomic mass is 9.95. The van der Waals surface area contributed by atoms with E-state index in [-0.39, 0.29) is 0 Å². The van der Waals surface area contributed by atoms with Crippen LogP contribution in [0.1, 0.15) is 34.5 Å². The molecular formula is C14H19N3S. The van der Waals surface area contributed by atoms with E-state index in [9.17, 15) is 0 Å². The monoisotopic (exact) mass is 261 g/mol. The standard InChI is InChI=1S/C14H19N3S/c1-9-7-10(2)12(11(3)8-9)5-4-6-13-15-14(18)17-16-13/h7-8H,4-6H2,1-3H3,(H2,15,16,17,18). The summed E-state index contributed by atoms with van der Waals surface area (Å²) >= 11 is 4.93. The van der Waals surface area contributed by atoms with Gasteiger partial charge in [-0.2, -0.15) is 0 Å². The Labute approximate surface area is 113 Å². The Balaban J connectivity index is 2.00. The number of nitrogens with one attached hydrogen (secondary N) is 2. The van der Waals surface area contributed by atoms with Crippen LogP contribution in [0.15, 0.2) is 12.1 Å². The Bertz CT molecular complexity index is 572. The molecule has 0 spiro atoms. The maximum Gasteiger partial charge on any atom is 0.213 e. The molecule has 2 aromatic rings. The first kappa shape index (κ1) is 13.0. The number of H-pyrrole nitrogens is 2. The predicted octanol–water partition coefficient (Wildman–Crippen LogP) is 3.57. The van der Waals surface area contributed by atoms with Gasteiger partial charge in [0.2, 0.25) is 4.77 Å². The van der Waals surface area contributed by atoms with Crippen LogP contribution in [0, 0.1) is 25.5 Å². The Kier molecular flexibility index (Phi) is 3.97. The summed E-state index contributed by atoms with van der Waals surface area (Å²) in [4.78, 5) is 4.20. The molecule has 1 heterocycles. The fourth-order valence-corrected chi connectivity index (χ4v) is 2.62. The van der Waals surface area contributed by atoms with Gasteiger partial charge in [0, 0.05) is 6.42 Å². The van der Waals surface area contributed by atoms with Gasteiger partial charge in [-0.1, -0.05) is 17.7 Å². The van der Waals surface area contributed by atoms with Crippen molar-refractivity contribution in [2.24, 2.45) is 0 Å². The van der Waals surface area contributed by atoms with E-state index < -0.39 is 0 Å². The van der Waals surface area contributed by atoms with E-state index >= 15 is 0 Å². The largest absolute Gasteiger partial charge is 0.286 e. The van der Waals surface area contributed by atoms with Crippen LogP contribution < -0.4 is 0 Å². The minimum Gasteiger partial charge on any atom is -0.286 e. The lowest BCUT2D eigenvalue weighted by Crippen LogP contribution is -1.98. The average Bonchev–Trinajstić information content (AvgIpc) is 2.68. The van der Waals surface area contributed by atoms with Gasteiger partial charge < -0.3 is 0 Å². The number of rotatable bonds is 4. The predicted molar refractivity (Wildman–Crippen MR) is 76.5 cm³/mol. The maximum atomic E-state index is 4.93. The molecule has 0 saturated carbocycles. The van der Waals surface area contributed by atoms with E-state index in [1.165, 1.54) is 22.3 Å². The first-order valence-electron chi connectivity index (χ1n) is 6.26. The molecule has 0 amide bonds. The van der Waals surface area contributed by atoms with Crippen molar-refractivity contribution in [3.8, 4) is 0 Å². The molecule has 1 aromatic heterocycles. The normalized spacial score (nSPS) is 10.8. The highest BCUT2D eigenvalue weighted by atomic mass is 32.1.